The van der Waals surface area contributed by atoms with Gasteiger partial charge < -0.3 is 5.84 Å². The van der Waals surface area contributed by atoms with Crippen molar-refractivity contribution in [2.45, 2.75) is 6.42 Å². The van der Waals surface area contributed by atoms with E-state index in [0.717, 1.165) is 15.9 Å². The minimum Gasteiger partial charge on any atom is -0.335 e. The first-order chi connectivity index (χ1) is 7.16. The van der Waals surface area contributed by atoms with Gasteiger partial charge >= 0.3 is 0 Å². The minimum absolute atomic E-state index is 0.431. The summed E-state index contributed by atoms with van der Waals surface area (Å²) in [6.45, 7) is 0. The van der Waals surface area contributed by atoms with Gasteiger partial charge in [-0.25, -0.2) is 4.68 Å². The van der Waals surface area contributed by atoms with Gasteiger partial charge in [-0.15, -0.1) is 0 Å². The maximum absolute atomic E-state index is 5.70. The number of nitrogens with one attached hydrogen (secondary N) is 1. The number of aromatic nitrogens is 3. The fourth-order valence-electron chi connectivity index (χ4n) is 1.29. The van der Waals surface area contributed by atoms with Crippen LogP contribution in [-0.2, 0) is 6.42 Å². The van der Waals surface area contributed by atoms with Crippen molar-refractivity contribution in [3.63, 3.8) is 0 Å². The molecule has 0 unspecified atom stereocenters. The molecule has 6 heteroatoms. The molecular formula is C9H9BrN4S. The highest BCUT2D eigenvalue weighted by atomic mass is 79.9. The molecule has 3 N–H and O–H groups in total. The number of aromatic amines is 1. The molecule has 4 nitrogen and oxygen atoms in total. The summed E-state index contributed by atoms with van der Waals surface area (Å²) in [5, 5.41) is 6.70. The van der Waals surface area contributed by atoms with E-state index in [1.807, 2.05) is 24.3 Å². The fourth-order valence-corrected chi connectivity index (χ4v) is 1.89. The molecule has 0 aliphatic carbocycles. The molecule has 1 heterocycles. The van der Waals surface area contributed by atoms with Gasteiger partial charge in [-0.2, -0.15) is 5.10 Å². The van der Waals surface area contributed by atoms with Gasteiger partial charge in [0.2, 0.25) is 4.77 Å². The highest BCUT2D eigenvalue weighted by molar-refractivity contribution is 9.10. The van der Waals surface area contributed by atoms with E-state index in [1.54, 1.807) is 0 Å². The fraction of sp³-hybridized carbons (Fsp3) is 0.111. The Morgan fingerprint density at radius 3 is 2.93 bits per heavy atom. The number of nitrogens with zero attached hydrogens (tertiary/aromatic N) is 2. The van der Waals surface area contributed by atoms with Gasteiger partial charge in [0.05, 0.1) is 0 Å². The second kappa shape index (κ2) is 4.16. The SMILES string of the molecule is Nn1c(Cc2cccc(Br)c2)n[nH]c1=S. The number of halogens is 1. The van der Waals surface area contributed by atoms with Crippen molar-refractivity contribution in [1.29, 1.82) is 0 Å². The molecule has 78 valence electrons. The topological polar surface area (TPSA) is 59.6 Å². The van der Waals surface area contributed by atoms with Crippen LogP contribution in [0.1, 0.15) is 11.4 Å². The van der Waals surface area contributed by atoms with Crippen molar-refractivity contribution in [3.8, 4) is 0 Å². The largest absolute Gasteiger partial charge is 0.335 e. The first kappa shape index (κ1) is 10.4. The number of hydrogen-bond acceptors (Lipinski definition) is 3. The zero-order chi connectivity index (χ0) is 10.8. The van der Waals surface area contributed by atoms with Gasteiger partial charge in [-0.1, -0.05) is 28.1 Å². The van der Waals surface area contributed by atoms with Crippen LogP contribution in [0.4, 0.5) is 0 Å². The van der Waals surface area contributed by atoms with Crippen LogP contribution in [-0.4, -0.2) is 14.9 Å². The van der Waals surface area contributed by atoms with Crippen molar-refractivity contribution in [3.05, 3.63) is 44.9 Å². The maximum atomic E-state index is 5.70. The van der Waals surface area contributed by atoms with E-state index >= 15 is 0 Å². The Morgan fingerprint density at radius 2 is 2.33 bits per heavy atom. The van der Waals surface area contributed by atoms with Gasteiger partial charge in [0, 0.05) is 10.9 Å². The summed E-state index contributed by atoms with van der Waals surface area (Å²) in [5.41, 5.74) is 1.13. The maximum Gasteiger partial charge on any atom is 0.214 e. The zero-order valence-electron chi connectivity index (χ0n) is 7.77. The van der Waals surface area contributed by atoms with E-state index < -0.39 is 0 Å². The lowest BCUT2D eigenvalue weighted by molar-refractivity contribution is 0.868. The lowest BCUT2D eigenvalue weighted by Crippen LogP contribution is -2.13. The highest BCUT2D eigenvalue weighted by Gasteiger charge is 2.04. The van der Waals surface area contributed by atoms with Crippen molar-refractivity contribution in [1.82, 2.24) is 14.9 Å². The highest BCUT2D eigenvalue weighted by Crippen LogP contribution is 2.13. The normalized spacial score (nSPS) is 10.5. The van der Waals surface area contributed by atoms with Crippen LogP contribution < -0.4 is 5.84 Å². The van der Waals surface area contributed by atoms with Crippen molar-refractivity contribution < 1.29 is 0 Å². The van der Waals surface area contributed by atoms with Crippen molar-refractivity contribution in [2.75, 3.05) is 5.84 Å². The molecule has 0 aliphatic rings. The third-order valence-electron chi connectivity index (χ3n) is 2.03. The number of H-pyrrole nitrogens is 1. The average Bonchev–Trinajstić information content (AvgIpc) is 2.50. The molecule has 0 amide bonds. The second-order valence-corrected chi connectivity index (χ2v) is 4.42. The summed E-state index contributed by atoms with van der Waals surface area (Å²) in [5.74, 6) is 6.42. The van der Waals surface area contributed by atoms with Gasteiger partial charge in [-0.05, 0) is 29.9 Å². The van der Waals surface area contributed by atoms with Crippen molar-refractivity contribution >= 4 is 28.1 Å². The van der Waals surface area contributed by atoms with Crippen LogP contribution in [0, 0.1) is 4.77 Å². The molecule has 0 radical (unpaired) electrons. The monoisotopic (exact) mass is 284 g/mol. The summed E-state index contributed by atoms with van der Waals surface area (Å²) in [4.78, 5) is 0. The molecule has 0 bridgehead atoms. The number of rotatable bonds is 2. The Hall–Kier alpha value is -1.14. The molecule has 0 saturated carbocycles. The summed E-state index contributed by atoms with van der Waals surface area (Å²) in [6, 6.07) is 7.99. The minimum atomic E-state index is 0.431. The number of nitrogens with two attached hydrogens (primary N) is 1. The van der Waals surface area contributed by atoms with E-state index in [1.165, 1.54) is 4.68 Å². The molecular weight excluding hydrogens is 276 g/mol. The molecule has 1 aromatic heterocycles. The van der Waals surface area contributed by atoms with Crippen molar-refractivity contribution in [2.24, 2.45) is 0 Å². The van der Waals surface area contributed by atoms with E-state index in [9.17, 15) is 0 Å². The van der Waals surface area contributed by atoms with Crippen LogP contribution in [0.25, 0.3) is 0 Å². The number of benzene rings is 1. The molecule has 2 aromatic rings. The third-order valence-corrected chi connectivity index (χ3v) is 2.81. The van der Waals surface area contributed by atoms with Crippen LogP contribution in [0.3, 0.4) is 0 Å². The summed E-state index contributed by atoms with van der Waals surface area (Å²) in [6.07, 6.45) is 0.656. The quantitative estimate of drug-likeness (QED) is 0.655. The lowest BCUT2D eigenvalue weighted by Gasteiger charge is -2.01. The Morgan fingerprint density at radius 1 is 1.53 bits per heavy atom. The molecule has 0 atom stereocenters. The third kappa shape index (κ3) is 2.27. The standard InChI is InChI=1S/C9H9BrN4S/c10-7-3-1-2-6(4-7)5-8-12-13-9(15)14(8)11/h1-4H,5,11H2,(H,13,15). The van der Waals surface area contributed by atoms with Gasteiger partial charge in [0.15, 0.2) is 5.82 Å². The van der Waals surface area contributed by atoms with Gasteiger partial charge in [-0.3, -0.25) is 5.10 Å². The first-order valence-corrected chi connectivity index (χ1v) is 5.53. The summed E-state index contributed by atoms with van der Waals surface area (Å²) >= 11 is 8.34. The summed E-state index contributed by atoms with van der Waals surface area (Å²) in [7, 11) is 0. The first-order valence-electron chi connectivity index (χ1n) is 4.32. The average molecular weight is 285 g/mol. The molecule has 0 aliphatic heterocycles. The van der Waals surface area contributed by atoms with Crippen LogP contribution >= 0.6 is 28.1 Å². The zero-order valence-corrected chi connectivity index (χ0v) is 10.2. The number of hydrogen-bond donors (Lipinski definition) is 2. The van der Waals surface area contributed by atoms with Gasteiger partial charge in [0.25, 0.3) is 0 Å². The Labute approximate surface area is 100 Å². The van der Waals surface area contributed by atoms with E-state index in [2.05, 4.69) is 26.1 Å². The molecule has 2 rings (SSSR count). The Balaban J connectivity index is 2.29. The molecule has 1 aromatic carbocycles. The van der Waals surface area contributed by atoms with Gasteiger partial charge in [0.1, 0.15) is 0 Å². The smallest absolute Gasteiger partial charge is 0.214 e. The number of nitrogen functional groups attached to an aromatic ring is 1. The molecule has 0 fully saturated rings. The van der Waals surface area contributed by atoms with Crippen LogP contribution in [0.5, 0.6) is 0 Å². The van der Waals surface area contributed by atoms with Crippen LogP contribution in [0.15, 0.2) is 28.7 Å². The van der Waals surface area contributed by atoms with E-state index in [4.69, 9.17) is 18.1 Å². The predicted molar refractivity (Wildman–Crippen MR) is 64.5 cm³/mol. The van der Waals surface area contributed by atoms with Crippen LogP contribution in [0.2, 0.25) is 0 Å². The Kier molecular flexibility index (Phi) is 2.88. The predicted octanol–water partition coefficient (Wildman–Crippen LogP) is 2.01. The van der Waals surface area contributed by atoms with E-state index in [0.29, 0.717) is 11.2 Å². The lowest BCUT2D eigenvalue weighted by atomic mass is 10.1. The molecule has 15 heavy (non-hydrogen) atoms. The second-order valence-electron chi connectivity index (χ2n) is 3.12. The molecule has 0 saturated heterocycles. The Bertz CT molecular complexity index is 531. The van der Waals surface area contributed by atoms with E-state index in [-0.39, 0.29) is 0 Å². The summed E-state index contributed by atoms with van der Waals surface area (Å²) < 4.78 is 2.86. The molecule has 0 spiro atoms.